The molecule has 0 saturated carbocycles. The molecule has 1 aliphatic heterocycles. The molecule has 1 N–H and O–H groups in total. The number of hydrogen-bond acceptors (Lipinski definition) is 4. The number of cyclic esters (lactones) is 1. The Labute approximate surface area is 108 Å². The molecule has 5 nitrogen and oxygen atoms in total. The topological polar surface area (TPSA) is 64.6 Å². The van der Waals surface area contributed by atoms with E-state index in [1.807, 2.05) is 13.8 Å². The number of hydrogen-bond donors (Lipinski definition) is 1. The first-order valence-corrected chi connectivity index (χ1v) is 6.40. The van der Waals surface area contributed by atoms with Gasteiger partial charge in [-0.3, -0.25) is 0 Å². The van der Waals surface area contributed by atoms with Crippen molar-refractivity contribution >= 4 is 12.1 Å². The Hall–Kier alpha value is -1.26. The molecule has 0 radical (unpaired) electrons. The largest absolute Gasteiger partial charge is 0.463 e. The minimum absolute atomic E-state index is 0.312. The standard InChI is InChI=1S/C13H23NO4/c1-6-13(7-2)8-17-10(15)9(13)14-11(16)18-12(3,4)5/h9H,6-8H2,1-5H3,(H,14,16). The third-order valence-corrected chi connectivity index (χ3v) is 3.42. The molecule has 1 aliphatic rings. The molecule has 1 rings (SSSR count). The Morgan fingerprint density at radius 3 is 2.44 bits per heavy atom. The van der Waals surface area contributed by atoms with Gasteiger partial charge in [-0.25, -0.2) is 9.59 Å². The van der Waals surface area contributed by atoms with Crippen LogP contribution in [-0.4, -0.2) is 30.3 Å². The summed E-state index contributed by atoms with van der Waals surface area (Å²) < 4.78 is 10.3. The Morgan fingerprint density at radius 2 is 2.00 bits per heavy atom. The molecule has 5 heteroatoms. The quantitative estimate of drug-likeness (QED) is 0.787. The fourth-order valence-electron chi connectivity index (χ4n) is 2.13. The van der Waals surface area contributed by atoms with Crippen LogP contribution >= 0.6 is 0 Å². The van der Waals surface area contributed by atoms with Crippen molar-refractivity contribution in [1.29, 1.82) is 0 Å². The maximum absolute atomic E-state index is 11.7. The van der Waals surface area contributed by atoms with Crippen LogP contribution in [0.25, 0.3) is 0 Å². The van der Waals surface area contributed by atoms with Gasteiger partial charge in [0, 0.05) is 5.41 Å². The number of esters is 1. The summed E-state index contributed by atoms with van der Waals surface area (Å²) >= 11 is 0. The Morgan fingerprint density at radius 1 is 1.44 bits per heavy atom. The zero-order valence-electron chi connectivity index (χ0n) is 11.8. The van der Waals surface area contributed by atoms with Crippen LogP contribution < -0.4 is 5.32 Å². The maximum Gasteiger partial charge on any atom is 0.408 e. The summed E-state index contributed by atoms with van der Waals surface area (Å²) in [6.45, 7) is 9.70. The number of carbonyl (C=O) groups is 2. The van der Waals surface area contributed by atoms with E-state index < -0.39 is 17.7 Å². The summed E-state index contributed by atoms with van der Waals surface area (Å²) in [6, 6.07) is -0.609. The number of nitrogens with one attached hydrogen (secondary N) is 1. The fourth-order valence-corrected chi connectivity index (χ4v) is 2.13. The minimum atomic E-state index is -0.609. The van der Waals surface area contributed by atoms with Crippen molar-refractivity contribution in [3.8, 4) is 0 Å². The molecule has 0 aromatic carbocycles. The number of ether oxygens (including phenoxy) is 2. The van der Waals surface area contributed by atoms with Gasteiger partial charge in [0.2, 0.25) is 0 Å². The highest BCUT2D eigenvalue weighted by atomic mass is 16.6. The molecule has 1 unspecified atom stereocenters. The highest BCUT2D eigenvalue weighted by Gasteiger charge is 2.49. The van der Waals surface area contributed by atoms with E-state index in [0.29, 0.717) is 6.61 Å². The first kappa shape index (κ1) is 14.8. The number of rotatable bonds is 3. The minimum Gasteiger partial charge on any atom is -0.463 e. The SMILES string of the molecule is CCC1(CC)COC(=O)C1NC(=O)OC(C)(C)C. The van der Waals surface area contributed by atoms with Gasteiger partial charge in [0.1, 0.15) is 11.6 Å². The van der Waals surface area contributed by atoms with Crippen LogP contribution in [0.2, 0.25) is 0 Å². The molecule has 1 amide bonds. The number of amides is 1. The second-order valence-corrected chi connectivity index (χ2v) is 5.76. The summed E-state index contributed by atoms with van der Waals surface area (Å²) in [5, 5.41) is 2.64. The zero-order chi connectivity index (χ0) is 14.0. The van der Waals surface area contributed by atoms with Crippen molar-refractivity contribution in [2.75, 3.05) is 6.61 Å². The molecular weight excluding hydrogens is 234 g/mol. The van der Waals surface area contributed by atoms with Crippen LogP contribution in [0.1, 0.15) is 47.5 Å². The molecule has 0 bridgehead atoms. The van der Waals surface area contributed by atoms with Gasteiger partial charge in [0.25, 0.3) is 0 Å². The van der Waals surface area contributed by atoms with Gasteiger partial charge in [0.15, 0.2) is 0 Å². The van der Waals surface area contributed by atoms with E-state index in [9.17, 15) is 9.59 Å². The van der Waals surface area contributed by atoms with Crippen LogP contribution in [0.5, 0.6) is 0 Å². The molecule has 0 spiro atoms. The first-order valence-electron chi connectivity index (χ1n) is 6.40. The van der Waals surface area contributed by atoms with E-state index in [0.717, 1.165) is 12.8 Å². The van der Waals surface area contributed by atoms with Crippen LogP contribution in [-0.2, 0) is 14.3 Å². The van der Waals surface area contributed by atoms with Crippen LogP contribution in [0.15, 0.2) is 0 Å². The van der Waals surface area contributed by atoms with E-state index in [4.69, 9.17) is 9.47 Å². The third kappa shape index (κ3) is 3.15. The molecule has 1 heterocycles. The number of carbonyl (C=O) groups excluding carboxylic acids is 2. The second kappa shape index (κ2) is 5.16. The Bertz CT molecular complexity index is 328. The molecule has 104 valence electrons. The molecular formula is C13H23NO4. The molecule has 0 aromatic rings. The van der Waals surface area contributed by atoms with E-state index in [1.54, 1.807) is 20.8 Å². The molecule has 0 aromatic heterocycles. The molecule has 1 saturated heterocycles. The zero-order valence-corrected chi connectivity index (χ0v) is 11.8. The van der Waals surface area contributed by atoms with Crippen LogP contribution in [0, 0.1) is 5.41 Å². The lowest BCUT2D eigenvalue weighted by Gasteiger charge is -2.30. The second-order valence-electron chi connectivity index (χ2n) is 5.76. The van der Waals surface area contributed by atoms with Crippen molar-refractivity contribution in [2.24, 2.45) is 5.41 Å². The van der Waals surface area contributed by atoms with E-state index in [1.165, 1.54) is 0 Å². The van der Waals surface area contributed by atoms with E-state index >= 15 is 0 Å². The normalized spacial score (nSPS) is 22.5. The van der Waals surface area contributed by atoms with Crippen molar-refractivity contribution in [2.45, 2.75) is 59.1 Å². The molecule has 1 fully saturated rings. The van der Waals surface area contributed by atoms with E-state index in [-0.39, 0.29) is 11.4 Å². The van der Waals surface area contributed by atoms with Crippen molar-refractivity contribution in [3.63, 3.8) is 0 Å². The average Bonchev–Trinajstić information content (AvgIpc) is 2.55. The summed E-state index contributed by atoms with van der Waals surface area (Å²) in [6.07, 6.45) is 0.975. The summed E-state index contributed by atoms with van der Waals surface area (Å²) in [5.41, 5.74) is -0.887. The Balaban J connectivity index is 2.74. The fraction of sp³-hybridized carbons (Fsp3) is 0.846. The van der Waals surface area contributed by atoms with Crippen molar-refractivity contribution in [3.05, 3.63) is 0 Å². The molecule has 1 atom stereocenters. The average molecular weight is 257 g/mol. The van der Waals surface area contributed by atoms with Gasteiger partial charge in [-0.15, -0.1) is 0 Å². The highest BCUT2D eigenvalue weighted by molar-refractivity contribution is 5.84. The number of alkyl carbamates (subject to hydrolysis) is 1. The Kier molecular flexibility index (Phi) is 4.24. The van der Waals surface area contributed by atoms with E-state index in [2.05, 4.69) is 5.32 Å². The lowest BCUT2D eigenvalue weighted by atomic mass is 9.78. The third-order valence-electron chi connectivity index (χ3n) is 3.42. The summed E-state index contributed by atoms with van der Waals surface area (Å²) in [4.78, 5) is 23.5. The van der Waals surface area contributed by atoms with Gasteiger partial charge in [-0.05, 0) is 33.6 Å². The molecule has 18 heavy (non-hydrogen) atoms. The predicted octanol–water partition coefficient (Wildman–Crippen LogP) is 2.24. The van der Waals surface area contributed by atoms with Gasteiger partial charge >= 0.3 is 12.1 Å². The summed E-state index contributed by atoms with van der Waals surface area (Å²) in [5.74, 6) is -0.371. The highest BCUT2D eigenvalue weighted by Crippen LogP contribution is 2.36. The van der Waals surface area contributed by atoms with Crippen molar-refractivity contribution < 1.29 is 19.1 Å². The lowest BCUT2D eigenvalue weighted by molar-refractivity contribution is -0.139. The van der Waals surface area contributed by atoms with Gasteiger partial charge in [-0.2, -0.15) is 0 Å². The lowest BCUT2D eigenvalue weighted by Crippen LogP contribution is -2.49. The monoisotopic (exact) mass is 257 g/mol. The smallest absolute Gasteiger partial charge is 0.408 e. The predicted molar refractivity (Wildman–Crippen MR) is 67.1 cm³/mol. The van der Waals surface area contributed by atoms with Crippen molar-refractivity contribution in [1.82, 2.24) is 5.32 Å². The molecule has 0 aliphatic carbocycles. The maximum atomic E-state index is 11.7. The first-order chi connectivity index (χ1) is 8.24. The van der Waals surface area contributed by atoms with Crippen LogP contribution in [0.4, 0.5) is 4.79 Å². The summed E-state index contributed by atoms with van der Waals surface area (Å²) in [7, 11) is 0. The van der Waals surface area contributed by atoms with Gasteiger partial charge < -0.3 is 14.8 Å². The van der Waals surface area contributed by atoms with Gasteiger partial charge in [-0.1, -0.05) is 13.8 Å². The van der Waals surface area contributed by atoms with Crippen LogP contribution in [0.3, 0.4) is 0 Å². The van der Waals surface area contributed by atoms with Gasteiger partial charge in [0.05, 0.1) is 6.61 Å².